The van der Waals surface area contributed by atoms with Gasteiger partial charge >= 0.3 is 5.97 Å². The zero-order valence-electron chi connectivity index (χ0n) is 13.8. The normalized spacial score (nSPS) is 11.4. The molecule has 0 aliphatic heterocycles. The summed E-state index contributed by atoms with van der Waals surface area (Å²) in [6.07, 6.45) is 0. The zero-order valence-corrected chi connectivity index (χ0v) is 14.6. The Labute approximate surface area is 145 Å². The number of esters is 1. The van der Waals surface area contributed by atoms with Crippen LogP contribution in [0.1, 0.15) is 10.4 Å². The third kappa shape index (κ3) is 4.55. The lowest BCUT2D eigenvalue weighted by Crippen LogP contribution is -2.31. The van der Waals surface area contributed by atoms with E-state index in [1.165, 1.54) is 56.6 Å². The van der Waals surface area contributed by atoms with Crippen LogP contribution in [0.4, 0.5) is 4.39 Å². The molecule has 6 nitrogen and oxygen atoms in total. The number of ether oxygens (including phenoxy) is 2. The molecule has 2 aromatic rings. The Balaban J connectivity index is 2.06. The van der Waals surface area contributed by atoms with Gasteiger partial charge in [0.05, 0.1) is 17.6 Å². The van der Waals surface area contributed by atoms with Crippen molar-refractivity contribution in [3.8, 4) is 5.75 Å². The minimum Gasteiger partial charge on any atom is -0.489 e. The van der Waals surface area contributed by atoms with E-state index in [0.717, 1.165) is 4.31 Å². The molecule has 0 aliphatic rings. The number of sulfonamides is 1. The third-order valence-corrected chi connectivity index (χ3v) is 5.32. The predicted molar refractivity (Wildman–Crippen MR) is 89.5 cm³/mol. The van der Waals surface area contributed by atoms with Crippen molar-refractivity contribution in [1.82, 2.24) is 4.31 Å². The molecule has 2 rings (SSSR count). The van der Waals surface area contributed by atoms with Crippen molar-refractivity contribution >= 4 is 16.0 Å². The van der Waals surface area contributed by atoms with Crippen molar-refractivity contribution < 1.29 is 27.1 Å². The molecule has 134 valence electrons. The van der Waals surface area contributed by atoms with Crippen LogP contribution in [-0.2, 0) is 14.8 Å². The van der Waals surface area contributed by atoms with Crippen LogP contribution in [0.25, 0.3) is 0 Å². The van der Waals surface area contributed by atoms with Gasteiger partial charge in [-0.25, -0.2) is 17.6 Å². The predicted octanol–water partition coefficient (Wildman–Crippen LogP) is 2.31. The van der Waals surface area contributed by atoms with Gasteiger partial charge in [-0.2, -0.15) is 4.31 Å². The summed E-state index contributed by atoms with van der Waals surface area (Å²) >= 11 is 0. The second-order valence-corrected chi connectivity index (χ2v) is 7.17. The summed E-state index contributed by atoms with van der Waals surface area (Å²) in [6.45, 7) is -0.00747. The van der Waals surface area contributed by atoms with Gasteiger partial charge in [0.2, 0.25) is 10.0 Å². The first-order chi connectivity index (χ1) is 11.9. The van der Waals surface area contributed by atoms with Gasteiger partial charge in [0.25, 0.3) is 0 Å². The van der Waals surface area contributed by atoms with Crippen LogP contribution in [0.3, 0.4) is 0 Å². The number of carbonyl (C=O) groups is 1. The molecule has 0 bridgehead atoms. The molecule has 0 amide bonds. The number of rotatable bonds is 7. The van der Waals surface area contributed by atoms with Crippen molar-refractivity contribution in [2.75, 3.05) is 27.3 Å². The minimum absolute atomic E-state index is 0.0130. The van der Waals surface area contributed by atoms with Crippen molar-refractivity contribution in [1.29, 1.82) is 0 Å². The van der Waals surface area contributed by atoms with Gasteiger partial charge in [-0.3, -0.25) is 0 Å². The van der Waals surface area contributed by atoms with Gasteiger partial charge in [-0.15, -0.1) is 0 Å². The minimum atomic E-state index is -3.82. The molecule has 0 atom stereocenters. The molecule has 0 heterocycles. The fourth-order valence-electron chi connectivity index (χ4n) is 2.05. The Hall–Kier alpha value is -2.45. The van der Waals surface area contributed by atoms with Crippen LogP contribution in [0.15, 0.2) is 53.4 Å². The summed E-state index contributed by atoms with van der Waals surface area (Å²) in [4.78, 5) is 11.5. The van der Waals surface area contributed by atoms with Crippen LogP contribution >= 0.6 is 0 Å². The number of hydrogen-bond donors (Lipinski definition) is 0. The lowest BCUT2D eigenvalue weighted by Gasteiger charge is -2.18. The van der Waals surface area contributed by atoms with E-state index in [2.05, 4.69) is 4.74 Å². The lowest BCUT2D eigenvalue weighted by molar-refractivity contribution is 0.0600. The highest BCUT2D eigenvalue weighted by atomic mass is 32.2. The van der Waals surface area contributed by atoms with Crippen LogP contribution in [0.5, 0.6) is 5.75 Å². The first kappa shape index (κ1) is 18.9. The van der Waals surface area contributed by atoms with Crippen molar-refractivity contribution in [2.45, 2.75) is 4.90 Å². The van der Waals surface area contributed by atoms with Gasteiger partial charge in [0, 0.05) is 13.6 Å². The van der Waals surface area contributed by atoms with E-state index >= 15 is 0 Å². The Kier molecular flexibility index (Phi) is 6.11. The number of methoxy groups -OCH3 is 1. The maximum Gasteiger partial charge on any atom is 0.337 e. The molecular weight excluding hydrogens is 349 g/mol. The molecule has 0 radical (unpaired) electrons. The first-order valence-electron chi connectivity index (χ1n) is 7.38. The average molecular weight is 367 g/mol. The highest BCUT2D eigenvalue weighted by Gasteiger charge is 2.22. The first-order valence-corrected chi connectivity index (χ1v) is 8.82. The van der Waals surface area contributed by atoms with E-state index in [4.69, 9.17) is 4.74 Å². The fraction of sp³-hybridized carbons (Fsp3) is 0.235. The SMILES string of the molecule is COC(=O)c1cccc(S(=O)(=O)N(C)CCOc2ccccc2F)c1. The second-order valence-electron chi connectivity index (χ2n) is 5.12. The number of hydrogen-bond acceptors (Lipinski definition) is 5. The number of carbonyl (C=O) groups excluding carboxylic acids is 1. The van der Waals surface area contributed by atoms with Crippen LogP contribution in [0, 0.1) is 5.82 Å². The third-order valence-electron chi connectivity index (χ3n) is 3.46. The largest absolute Gasteiger partial charge is 0.489 e. The smallest absolute Gasteiger partial charge is 0.337 e. The van der Waals surface area contributed by atoms with Gasteiger partial charge in [-0.05, 0) is 30.3 Å². The highest BCUT2D eigenvalue weighted by Crippen LogP contribution is 2.18. The Morgan fingerprint density at radius 1 is 1.16 bits per heavy atom. The van der Waals surface area contributed by atoms with E-state index in [1.54, 1.807) is 6.07 Å². The van der Waals surface area contributed by atoms with Gasteiger partial charge in [-0.1, -0.05) is 18.2 Å². The molecule has 0 spiro atoms. The maximum absolute atomic E-state index is 13.5. The number of para-hydroxylation sites is 1. The van der Waals surface area contributed by atoms with Crippen molar-refractivity contribution in [3.05, 3.63) is 59.9 Å². The van der Waals surface area contributed by atoms with Crippen LogP contribution in [-0.4, -0.2) is 46.0 Å². The highest BCUT2D eigenvalue weighted by molar-refractivity contribution is 7.89. The van der Waals surface area contributed by atoms with Crippen LogP contribution in [0.2, 0.25) is 0 Å². The summed E-state index contributed by atoms with van der Waals surface area (Å²) in [7, 11) is -1.22. The molecule has 0 unspecified atom stereocenters. The van der Waals surface area contributed by atoms with E-state index in [-0.39, 0.29) is 29.4 Å². The summed E-state index contributed by atoms with van der Waals surface area (Å²) in [5.41, 5.74) is 0.139. The molecule has 0 saturated carbocycles. The molecular formula is C17H18FNO5S. The van der Waals surface area contributed by atoms with Crippen molar-refractivity contribution in [2.24, 2.45) is 0 Å². The van der Waals surface area contributed by atoms with Gasteiger partial charge in [0.1, 0.15) is 6.61 Å². The van der Waals surface area contributed by atoms with E-state index < -0.39 is 21.8 Å². The zero-order chi connectivity index (χ0) is 18.4. The quantitative estimate of drug-likeness (QED) is 0.702. The van der Waals surface area contributed by atoms with Crippen LogP contribution < -0.4 is 4.74 Å². The molecule has 25 heavy (non-hydrogen) atoms. The molecule has 0 saturated heterocycles. The van der Waals surface area contributed by atoms with Gasteiger partial charge in [0.15, 0.2) is 11.6 Å². The summed E-state index contributed by atoms with van der Waals surface area (Å²) in [5.74, 6) is -1.08. The summed E-state index contributed by atoms with van der Waals surface area (Å²) in [6, 6.07) is 11.4. The van der Waals surface area contributed by atoms with E-state index in [9.17, 15) is 17.6 Å². The summed E-state index contributed by atoms with van der Waals surface area (Å²) < 4.78 is 49.5. The van der Waals surface area contributed by atoms with E-state index in [1.807, 2.05) is 0 Å². The molecule has 0 N–H and O–H groups in total. The molecule has 0 aromatic heterocycles. The number of likely N-dealkylation sites (N-methyl/N-ethyl adjacent to an activating group) is 1. The van der Waals surface area contributed by atoms with Gasteiger partial charge < -0.3 is 9.47 Å². The number of halogens is 1. The lowest BCUT2D eigenvalue weighted by atomic mass is 10.2. The number of nitrogens with zero attached hydrogens (tertiary/aromatic N) is 1. The Morgan fingerprint density at radius 2 is 1.88 bits per heavy atom. The molecule has 8 heteroatoms. The van der Waals surface area contributed by atoms with Crippen molar-refractivity contribution in [3.63, 3.8) is 0 Å². The Bertz CT molecular complexity index is 854. The summed E-state index contributed by atoms with van der Waals surface area (Å²) in [5, 5.41) is 0. The molecule has 2 aromatic carbocycles. The maximum atomic E-state index is 13.5. The molecule has 0 aliphatic carbocycles. The number of benzene rings is 2. The van der Waals surface area contributed by atoms with E-state index in [0.29, 0.717) is 0 Å². The second kappa shape index (κ2) is 8.09. The Morgan fingerprint density at radius 3 is 2.56 bits per heavy atom. The standard InChI is InChI=1S/C17H18FNO5S/c1-19(10-11-24-16-9-4-3-8-15(16)18)25(21,22)14-7-5-6-13(12-14)17(20)23-2/h3-9,12H,10-11H2,1-2H3. The topological polar surface area (TPSA) is 72.9 Å². The fourth-order valence-corrected chi connectivity index (χ4v) is 3.25. The molecule has 0 fully saturated rings. The average Bonchev–Trinajstić information content (AvgIpc) is 2.62. The monoisotopic (exact) mass is 367 g/mol.